The zero-order chi connectivity index (χ0) is 7.23. The highest BCUT2D eigenvalue weighted by molar-refractivity contribution is 5.85. The molecule has 1 aliphatic rings. The molecule has 0 spiro atoms. The van der Waals surface area contributed by atoms with Crippen LogP contribution in [0.25, 0.3) is 0 Å². The van der Waals surface area contributed by atoms with Crippen molar-refractivity contribution in [1.29, 1.82) is 0 Å². The lowest BCUT2D eigenvalue weighted by Gasteiger charge is -2.20. The van der Waals surface area contributed by atoms with Crippen LogP contribution in [0.15, 0.2) is 5.16 Å². The monoisotopic (exact) mass is 178 g/mol. The van der Waals surface area contributed by atoms with Gasteiger partial charge in [0, 0.05) is 6.21 Å². The third-order valence-electron chi connectivity index (χ3n) is 1.98. The van der Waals surface area contributed by atoms with Crippen molar-refractivity contribution in [2.75, 3.05) is 13.1 Å². The first-order valence-electron chi connectivity index (χ1n) is 3.80. The summed E-state index contributed by atoms with van der Waals surface area (Å²) in [6.45, 7) is 2.23. The van der Waals surface area contributed by atoms with Crippen molar-refractivity contribution in [2.24, 2.45) is 11.1 Å². The van der Waals surface area contributed by atoms with E-state index in [9.17, 15) is 0 Å². The Hall–Kier alpha value is -0.280. The van der Waals surface area contributed by atoms with Crippen LogP contribution in [0.5, 0.6) is 0 Å². The first kappa shape index (κ1) is 10.7. The molecule has 3 nitrogen and oxygen atoms in total. The summed E-state index contributed by atoms with van der Waals surface area (Å²) in [5.74, 6) is 0.733. The summed E-state index contributed by atoms with van der Waals surface area (Å²) in [4.78, 5) is 0. The molecule has 0 aromatic heterocycles. The molecule has 1 rings (SSSR count). The van der Waals surface area contributed by atoms with Gasteiger partial charge < -0.3 is 10.5 Å². The zero-order valence-electron chi connectivity index (χ0n) is 6.49. The smallest absolute Gasteiger partial charge is 0.0438 e. The SMILES string of the molecule is Cl.ON=CCC1CCNCC1. The Morgan fingerprint density at radius 1 is 1.45 bits per heavy atom. The van der Waals surface area contributed by atoms with Crippen molar-refractivity contribution in [3.8, 4) is 0 Å². The number of hydrogen-bond acceptors (Lipinski definition) is 3. The van der Waals surface area contributed by atoms with Crippen molar-refractivity contribution in [3.63, 3.8) is 0 Å². The highest BCUT2D eigenvalue weighted by Gasteiger charge is 2.10. The quantitative estimate of drug-likeness (QED) is 0.380. The van der Waals surface area contributed by atoms with E-state index >= 15 is 0 Å². The van der Waals surface area contributed by atoms with Gasteiger partial charge in [-0.05, 0) is 38.3 Å². The zero-order valence-corrected chi connectivity index (χ0v) is 7.31. The molecule has 0 radical (unpaired) electrons. The molecular formula is C7H15ClN2O. The number of oxime groups is 1. The number of hydrogen-bond donors (Lipinski definition) is 2. The van der Waals surface area contributed by atoms with E-state index in [4.69, 9.17) is 5.21 Å². The average molecular weight is 179 g/mol. The Balaban J connectivity index is 0.000001000. The maximum absolute atomic E-state index is 8.15. The van der Waals surface area contributed by atoms with Gasteiger partial charge in [-0.2, -0.15) is 0 Å². The van der Waals surface area contributed by atoms with Gasteiger partial charge in [0.05, 0.1) is 0 Å². The molecule has 1 heterocycles. The highest BCUT2D eigenvalue weighted by Crippen LogP contribution is 2.13. The summed E-state index contributed by atoms with van der Waals surface area (Å²) in [6, 6.07) is 0. The molecule has 11 heavy (non-hydrogen) atoms. The van der Waals surface area contributed by atoms with E-state index in [1.54, 1.807) is 6.21 Å². The van der Waals surface area contributed by atoms with E-state index in [0.29, 0.717) is 0 Å². The van der Waals surface area contributed by atoms with Crippen LogP contribution in [0.1, 0.15) is 19.3 Å². The van der Waals surface area contributed by atoms with Crippen LogP contribution < -0.4 is 5.32 Å². The van der Waals surface area contributed by atoms with Crippen molar-refractivity contribution < 1.29 is 5.21 Å². The van der Waals surface area contributed by atoms with Crippen molar-refractivity contribution >= 4 is 18.6 Å². The van der Waals surface area contributed by atoms with E-state index in [1.807, 2.05) is 0 Å². The van der Waals surface area contributed by atoms with Gasteiger partial charge in [0.15, 0.2) is 0 Å². The maximum atomic E-state index is 8.15. The van der Waals surface area contributed by atoms with Crippen LogP contribution >= 0.6 is 12.4 Å². The van der Waals surface area contributed by atoms with Gasteiger partial charge >= 0.3 is 0 Å². The first-order chi connectivity index (χ1) is 4.93. The van der Waals surface area contributed by atoms with Gasteiger partial charge in [-0.3, -0.25) is 0 Å². The lowest BCUT2D eigenvalue weighted by Crippen LogP contribution is -2.27. The lowest BCUT2D eigenvalue weighted by molar-refractivity contribution is 0.316. The highest BCUT2D eigenvalue weighted by atomic mass is 35.5. The number of piperidine rings is 1. The Morgan fingerprint density at radius 3 is 2.64 bits per heavy atom. The molecular weight excluding hydrogens is 164 g/mol. The van der Waals surface area contributed by atoms with E-state index in [-0.39, 0.29) is 12.4 Å². The molecule has 0 aromatic carbocycles. The standard InChI is InChI=1S/C7H14N2O.ClH/c10-9-6-3-7-1-4-8-5-2-7;/h6-8,10H,1-5H2;1H. The Morgan fingerprint density at radius 2 is 2.09 bits per heavy atom. The summed E-state index contributed by atoms with van der Waals surface area (Å²) < 4.78 is 0. The van der Waals surface area contributed by atoms with Crippen LogP contribution in [0.4, 0.5) is 0 Å². The van der Waals surface area contributed by atoms with Crippen LogP contribution in [0.3, 0.4) is 0 Å². The summed E-state index contributed by atoms with van der Waals surface area (Å²) in [5, 5.41) is 14.4. The molecule has 1 fully saturated rings. The van der Waals surface area contributed by atoms with Crippen molar-refractivity contribution in [1.82, 2.24) is 5.32 Å². The molecule has 0 bridgehead atoms. The van der Waals surface area contributed by atoms with Gasteiger partial charge in [0.25, 0.3) is 0 Å². The van der Waals surface area contributed by atoms with Crippen molar-refractivity contribution in [2.45, 2.75) is 19.3 Å². The van der Waals surface area contributed by atoms with Gasteiger partial charge in [0.1, 0.15) is 0 Å². The second kappa shape index (κ2) is 6.43. The normalized spacial score (nSPS) is 20.0. The number of halogens is 1. The molecule has 2 N–H and O–H groups in total. The second-order valence-electron chi connectivity index (χ2n) is 2.73. The third kappa shape index (κ3) is 4.22. The Labute approximate surface area is 73.3 Å². The fraction of sp³-hybridized carbons (Fsp3) is 0.857. The van der Waals surface area contributed by atoms with Crippen molar-refractivity contribution in [3.05, 3.63) is 0 Å². The Bertz CT molecular complexity index is 113. The molecule has 0 aliphatic carbocycles. The topological polar surface area (TPSA) is 44.6 Å². The number of rotatable bonds is 2. The molecule has 0 aromatic rings. The predicted octanol–water partition coefficient (Wildman–Crippen LogP) is 1.26. The molecule has 0 unspecified atom stereocenters. The summed E-state index contributed by atoms with van der Waals surface area (Å²) >= 11 is 0. The van der Waals surface area contributed by atoms with E-state index < -0.39 is 0 Å². The molecule has 66 valence electrons. The minimum absolute atomic E-state index is 0. The molecule has 0 saturated carbocycles. The summed E-state index contributed by atoms with van der Waals surface area (Å²) in [7, 11) is 0. The largest absolute Gasteiger partial charge is 0.411 e. The molecule has 4 heteroatoms. The van der Waals surface area contributed by atoms with Crippen LogP contribution in [-0.4, -0.2) is 24.5 Å². The lowest BCUT2D eigenvalue weighted by atomic mass is 9.95. The summed E-state index contributed by atoms with van der Waals surface area (Å²) in [5.41, 5.74) is 0. The third-order valence-corrected chi connectivity index (χ3v) is 1.98. The predicted molar refractivity (Wildman–Crippen MR) is 47.7 cm³/mol. The number of nitrogens with zero attached hydrogens (tertiary/aromatic N) is 1. The van der Waals surface area contributed by atoms with Crippen LogP contribution in [0.2, 0.25) is 0 Å². The van der Waals surface area contributed by atoms with E-state index in [2.05, 4.69) is 10.5 Å². The van der Waals surface area contributed by atoms with Crippen LogP contribution in [-0.2, 0) is 0 Å². The fourth-order valence-electron chi connectivity index (χ4n) is 1.31. The Kier molecular flexibility index (Phi) is 6.27. The van der Waals surface area contributed by atoms with Gasteiger partial charge in [-0.15, -0.1) is 17.6 Å². The molecule has 1 aliphatic heterocycles. The van der Waals surface area contributed by atoms with Gasteiger partial charge in [0.2, 0.25) is 0 Å². The minimum Gasteiger partial charge on any atom is -0.411 e. The van der Waals surface area contributed by atoms with E-state index in [0.717, 1.165) is 25.4 Å². The van der Waals surface area contributed by atoms with Crippen LogP contribution in [0, 0.1) is 5.92 Å². The average Bonchev–Trinajstić information content (AvgIpc) is 2.03. The minimum atomic E-state index is 0. The summed E-state index contributed by atoms with van der Waals surface area (Å²) in [6.07, 6.45) is 4.95. The molecule has 0 amide bonds. The van der Waals surface area contributed by atoms with Gasteiger partial charge in [-0.25, -0.2) is 0 Å². The fourth-order valence-corrected chi connectivity index (χ4v) is 1.31. The molecule has 0 atom stereocenters. The van der Waals surface area contributed by atoms with E-state index in [1.165, 1.54) is 12.8 Å². The molecule has 1 saturated heterocycles. The second-order valence-corrected chi connectivity index (χ2v) is 2.73. The first-order valence-corrected chi connectivity index (χ1v) is 3.80. The maximum Gasteiger partial charge on any atom is 0.0438 e. The van der Waals surface area contributed by atoms with Gasteiger partial charge in [-0.1, -0.05) is 0 Å². The number of nitrogens with one attached hydrogen (secondary N) is 1.